The van der Waals surface area contributed by atoms with Crippen molar-refractivity contribution < 1.29 is 14.3 Å². The van der Waals surface area contributed by atoms with Gasteiger partial charge in [0, 0.05) is 12.3 Å². The molecule has 1 aliphatic carbocycles. The highest BCUT2D eigenvalue weighted by molar-refractivity contribution is 5.94. The summed E-state index contributed by atoms with van der Waals surface area (Å²) >= 11 is 0. The third-order valence-electron chi connectivity index (χ3n) is 2.51. The van der Waals surface area contributed by atoms with E-state index in [9.17, 15) is 9.59 Å². The molecule has 0 bridgehead atoms. The highest BCUT2D eigenvalue weighted by Crippen LogP contribution is 2.34. The number of ether oxygens (including phenoxy) is 1. The lowest BCUT2D eigenvalue weighted by Crippen LogP contribution is -2.24. The van der Waals surface area contributed by atoms with Crippen LogP contribution >= 0.6 is 0 Å². The molecule has 0 amide bonds. The maximum atomic E-state index is 11.2. The van der Waals surface area contributed by atoms with E-state index in [1.807, 2.05) is 6.92 Å². The number of fused-ring (bicyclic) bond motifs is 1. The minimum Gasteiger partial charge on any atom is -0.465 e. The Morgan fingerprint density at radius 3 is 3.00 bits per heavy atom. The molecule has 0 aromatic heterocycles. The monoisotopic (exact) mass is 166 g/mol. The molecule has 0 radical (unpaired) electrons. The largest absolute Gasteiger partial charge is 0.465 e. The molecule has 1 heterocycles. The Morgan fingerprint density at radius 2 is 2.25 bits per heavy atom. The van der Waals surface area contributed by atoms with Crippen LogP contribution in [0.5, 0.6) is 0 Å². The summed E-state index contributed by atoms with van der Waals surface area (Å²) in [5, 5.41) is 0. The van der Waals surface area contributed by atoms with E-state index in [-0.39, 0.29) is 23.6 Å². The second-order valence-electron chi connectivity index (χ2n) is 3.43. The van der Waals surface area contributed by atoms with Crippen molar-refractivity contribution in [2.75, 3.05) is 6.61 Å². The molecule has 3 nitrogen and oxygen atoms in total. The van der Waals surface area contributed by atoms with Crippen LogP contribution in [0.1, 0.15) is 13.3 Å². The zero-order valence-corrected chi connectivity index (χ0v) is 6.87. The minimum absolute atomic E-state index is 0.106. The predicted molar refractivity (Wildman–Crippen MR) is 41.3 cm³/mol. The lowest BCUT2D eigenvalue weighted by atomic mass is 9.81. The van der Waals surface area contributed by atoms with Crippen LogP contribution in [0.25, 0.3) is 0 Å². The molecule has 0 spiro atoms. The fourth-order valence-corrected chi connectivity index (χ4v) is 1.96. The number of carbonyl (C=O) groups excluding carboxylic acids is 2. The fourth-order valence-electron chi connectivity index (χ4n) is 1.96. The first-order chi connectivity index (χ1) is 5.68. The van der Waals surface area contributed by atoms with Gasteiger partial charge in [0.1, 0.15) is 0 Å². The van der Waals surface area contributed by atoms with E-state index in [4.69, 9.17) is 4.74 Å². The Bertz CT molecular complexity index is 277. The average molecular weight is 166 g/mol. The van der Waals surface area contributed by atoms with Gasteiger partial charge in [-0.2, -0.15) is 0 Å². The van der Waals surface area contributed by atoms with Crippen molar-refractivity contribution in [3.63, 3.8) is 0 Å². The van der Waals surface area contributed by atoms with Crippen LogP contribution in [0.15, 0.2) is 11.6 Å². The highest BCUT2D eigenvalue weighted by Gasteiger charge is 2.41. The highest BCUT2D eigenvalue weighted by atomic mass is 16.5. The van der Waals surface area contributed by atoms with Crippen LogP contribution in [0.2, 0.25) is 0 Å². The average Bonchev–Trinajstić information content (AvgIpc) is 2.31. The second-order valence-corrected chi connectivity index (χ2v) is 3.43. The zero-order valence-electron chi connectivity index (χ0n) is 6.87. The van der Waals surface area contributed by atoms with Crippen molar-refractivity contribution in [3.05, 3.63) is 11.6 Å². The first-order valence-corrected chi connectivity index (χ1v) is 4.06. The van der Waals surface area contributed by atoms with Crippen LogP contribution in [0.3, 0.4) is 0 Å². The lowest BCUT2D eigenvalue weighted by Gasteiger charge is -2.18. The summed E-state index contributed by atoms with van der Waals surface area (Å²) in [5.74, 6) is -0.0778. The Morgan fingerprint density at radius 1 is 1.50 bits per heavy atom. The van der Waals surface area contributed by atoms with Gasteiger partial charge >= 0.3 is 5.97 Å². The number of rotatable bonds is 0. The molecular formula is C9H10O3. The summed E-state index contributed by atoms with van der Waals surface area (Å²) in [7, 11) is 0. The third-order valence-corrected chi connectivity index (χ3v) is 2.51. The van der Waals surface area contributed by atoms with Gasteiger partial charge in [0.2, 0.25) is 0 Å². The standard InChI is InChI=1S/C9H10O3/c1-5-2-7(10)3-6-4-12-9(11)8(5)6/h2,6,8H,3-4H2,1H3. The predicted octanol–water partition coefficient (Wildman–Crippen LogP) is 0.695. The second kappa shape index (κ2) is 2.44. The molecule has 0 saturated carbocycles. The van der Waals surface area contributed by atoms with E-state index in [1.54, 1.807) is 6.08 Å². The Hall–Kier alpha value is -1.12. The van der Waals surface area contributed by atoms with Gasteiger partial charge < -0.3 is 4.74 Å². The van der Waals surface area contributed by atoms with Gasteiger partial charge in [0.15, 0.2) is 5.78 Å². The number of hydrogen-bond acceptors (Lipinski definition) is 3. The molecule has 1 saturated heterocycles. The van der Waals surface area contributed by atoms with Crippen molar-refractivity contribution in [2.45, 2.75) is 13.3 Å². The molecule has 0 aromatic carbocycles. The molecule has 2 rings (SSSR count). The number of hydrogen-bond donors (Lipinski definition) is 0. The first-order valence-electron chi connectivity index (χ1n) is 4.06. The summed E-state index contributed by atoms with van der Waals surface area (Å²) in [6.45, 7) is 2.24. The van der Waals surface area contributed by atoms with Crippen LogP contribution in [0.4, 0.5) is 0 Å². The molecule has 64 valence electrons. The molecule has 2 atom stereocenters. The number of ketones is 1. The van der Waals surface area contributed by atoms with Gasteiger partial charge in [-0.3, -0.25) is 9.59 Å². The minimum atomic E-state index is -0.166. The third kappa shape index (κ3) is 0.967. The summed E-state index contributed by atoms with van der Waals surface area (Å²) < 4.78 is 4.89. The molecule has 3 heteroatoms. The molecule has 12 heavy (non-hydrogen) atoms. The Labute approximate surface area is 70.4 Å². The van der Waals surface area contributed by atoms with Crippen molar-refractivity contribution in [1.29, 1.82) is 0 Å². The van der Waals surface area contributed by atoms with Gasteiger partial charge in [-0.15, -0.1) is 0 Å². The van der Waals surface area contributed by atoms with Gasteiger partial charge in [-0.05, 0) is 13.0 Å². The van der Waals surface area contributed by atoms with E-state index in [0.717, 1.165) is 5.57 Å². The molecule has 1 fully saturated rings. The number of allylic oxidation sites excluding steroid dienone is 1. The van der Waals surface area contributed by atoms with Crippen LogP contribution < -0.4 is 0 Å². The number of carbonyl (C=O) groups is 2. The normalized spacial score (nSPS) is 34.2. The Balaban J connectivity index is 2.34. The topological polar surface area (TPSA) is 43.4 Å². The van der Waals surface area contributed by atoms with E-state index in [2.05, 4.69) is 0 Å². The van der Waals surface area contributed by atoms with E-state index in [0.29, 0.717) is 13.0 Å². The fraction of sp³-hybridized carbons (Fsp3) is 0.556. The summed E-state index contributed by atoms with van der Waals surface area (Å²) in [5.41, 5.74) is 0.860. The smallest absolute Gasteiger partial charge is 0.313 e. The van der Waals surface area contributed by atoms with Crippen molar-refractivity contribution >= 4 is 11.8 Å². The number of esters is 1. The van der Waals surface area contributed by atoms with Crippen LogP contribution in [-0.4, -0.2) is 18.4 Å². The van der Waals surface area contributed by atoms with Crippen molar-refractivity contribution in [3.8, 4) is 0 Å². The summed E-state index contributed by atoms with van der Waals surface area (Å²) in [6.07, 6.45) is 2.03. The number of cyclic esters (lactones) is 1. The van der Waals surface area contributed by atoms with Gasteiger partial charge in [-0.1, -0.05) is 5.57 Å². The Kier molecular flexibility index (Phi) is 1.53. The summed E-state index contributed by atoms with van der Waals surface area (Å²) in [6, 6.07) is 0. The first kappa shape index (κ1) is 7.53. The zero-order chi connectivity index (χ0) is 8.72. The maximum absolute atomic E-state index is 11.2. The van der Waals surface area contributed by atoms with Crippen molar-refractivity contribution in [2.24, 2.45) is 11.8 Å². The molecular weight excluding hydrogens is 156 g/mol. The molecule has 2 aliphatic rings. The van der Waals surface area contributed by atoms with Crippen LogP contribution in [-0.2, 0) is 14.3 Å². The quantitative estimate of drug-likeness (QED) is 0.497. The van der Waals surface area contributed by atoms with E-state index in [1.165, 1.54) is 0 Å². The lowest BCUT2D eigenvalue weighted by molar-refractivity contribution is -0.140. The van der Waals surface area contributed by atoms with Gasteiger partial charge in [0.05, 0.1) is 12.5 Å². The molecule has 2 unspecified atom stereocenters. The molecule has 0 N–H and O–H groups in total. The summed E-state index contributed by atoms with van der Waals surface area (Å²) in [4.78, 5) is 22.2. The molecule has 0 aromatic rings. The van der Waals surface area contributed by atoms with Crippen LogP contribution in [0, 0.1) is 11.8 Å². The van der Waals surface area contributed by atoms with Gasteiger partial charge in [0.25, 0.3) is 0 Å². The molecule has 1 aliphatic heterocycles. The van der Waals surface area contributed by atoms with Crippen molar-refractivity contribution in [1.82, 2.24) is 0 Å². The van der Waals surface area contributed by atoms with Gasteiger partial charge in [-0.25, -0.2) is 0 Å². The van der Waals surface area contributed by atoms with E-state index < -0.39 is 0 Å². The van der Waals surface area contributed by atoms with E-state index >= 15 is 0 Å². The SMILES string of the molecule is CC1=CC(=O)CC2COC(=O)C12. The maximum Gasteiger partial charge on any atom is 0.313 e.